The number of rotatable bonds is 4. The van der Waals surface area contributed by atoms with E-state index in [2.05, 4.69) is 38.9 Å². The Balaban J connectivity index is 0. The smallest absolute Gasteiger partial charge is 0.0596 e. The van der Waals surface area contributed by atoms with Gasteiger partial charge in [-0.3, -0.25) is 4.68 Å². The Morgan fingerprint density at radius 3 is 1.44 bits per heavy atom. The van der Waals surface area contributed by atoms with E-state index in [1.165, 1.54) is 44.2 Å². The quantitative estimate of drug-likeness (QED) is 0.655. The van der Waals surface area contributed by atoms with Crippen molar-refractivity contribution in [2.24, 2.45) is 7.05 Å². The van der Waals surface area contributed by atoms with Crippen LogP contribution in [0.4, 0.5) is 0 Å². The van der Waals surface area contributed by atoms with E-state index in [4.69, 9.17) is 0 Å². The maximum Gasteiger partial charge on any atom is 0.0596 e. The number of nitrogens with zero attached hydrogens (tertiary/aromatic N) is 2. The molecule has 1 heterocycles. The number of unbranched alkanes of at least 4 members (excludes halogenated alkanes) is 4. The Morgan fingerprint density at radius 1 is 0.889 bits per heavy atom. The van der Waals surface area contributed by atoms with E-state index in [0.717, 1.165) is 5.69 Å². The van der Waals surface area contributed by atoms with E-state index in [9.17, 15) is 0 Å². The second kappa shape index (κ2) is 14.3. The van der Waals surface area contributed by atoms with Crippen LogP contribution in [0, 0.1) is 13.8 Å². The highest BCUT2D eigenvalue weighted by molar-refractivity contribution is 5.05. The van der Waals surface area contributed by atoms with Gasteiger partial charge in [0.2, 0.25) is 0 Å². The molecule has 0 aromatic carbocycles. The second-order valence-electron chi connectivity index (χ2n) is 4.76. The molecule has 1 aromatic heterocycles. The highest BCUT2D eigenvalue weighted by atomic mass is 15.3. The molecule has 0 aliphatic carbocycles. The van der Waals surface area contributed by atoms with Gasteiger partial charge < -0.3 is 0 Å². The number of hydrogen-bond donors (Lipinski definition) is 0. The first-order valence-corrected chi connectivity index (χ1v) is 7.50. The van der Waals surface area contributed by atoms with Crippen molar-refractivity contribution in [2.45, 2.75) is 80.1 Å². The minimum absolute atomic E-state index is 1.09. The monoisotopic (exact) mass is 254 g/mol. The second-order valence-corrected chi connectivity index (χ2v) is 4.76. The number of aromatic nitrogens is 2. The molecule has 0 amide bonds. The largest absolute Gasteiger partial charge is 0.273 e. The number of aryl methyl sites for hydroxylation is 3. The molecule has 0 saturated carbocycles. The summed E-state index contributed by atoms with van der Waals surface area (Å²) in [6.07, 6.45) is 8.18. The Hall–Kier alpha value is -0.790. The van der Waals surface area contributed by atoms with E-state index in [1.54, 1.807) is 0 Å². The van der Waals surface area contributed by atoms with Crippen LogP contribution in [0.5, 0.6) is 0 Å². The van der Waals surface area contributed by atoms with Crippen LogP contribution in [-0.4, -0.2) is 9.78 Å². The summed E-state index contributed by atoms with van der Waals surface area (Å²) < 4.78 is 1.87. The summed E-state index contributed by atoms with van der Waals surface area (Å²) in [4.78, 5) is 0. The van der Waals surface area contributed by atoms with Crippen molar-refractivity contribution in [3.8, 4) is 0 Å². The lowest BCUT2D eigenvalue weighted by molar-refractivity contribution is 0.702. The minimum atomic E-state index is 1.09. The molecule has 0 aliphatic heterocycles. The fourth-order valence-corrected chi connectivity index (χ4v) is 1.24. The summed E-state index contributed by atoms with van der Waals surface area (Å²) in [6, 6.07) is 2.06. The Morgan fingerprint density at radius 2 is 1.33 bits per heavy atom. The summed E-state index contributed by atoms with van der Waals surface area (Å²) >= 11 is 0. The zero-order valence-corrected chi connectivity index (χ0v) is 13.7. The molecule has 0 spiro atoms. The third kappa shape index (κ3) is 13.3. The Kier molecular flexibility index (Phi) is 15.5. The molecule has 18 heavy (non-hydrogen) atoms. The number of hydrogen-bond acceptors (Lipinski definition) is 1. The van der Waals surface area contributed by atoms with E-state index < -0.39 is 0 Å². The summed E-state index contributed by atoms with van der Waals surface area (Å²) in [5, 5.41) is 4.13. The molecule has 0 fully saturated rings. The molecule has 2 nitrogen and oxygen atoms in total. The third-order valence-electron chi connectivity index (χ3n) is 2.69. The molecule has 1 aromatic rings. The zero-order valence-electron chi connectivity index (χ0n) is 13.7. The van der Waals surface area contributed by atoms with Gasteiger partial charge in [-0.1, -0.05) is 66.2 Å². The van der Waals surface area contributed by atoms with Crippen LogP contribution in [-0.2, 0) is 7.05 Å². The van der Waals surface area contributed by atoms with Gasteiger partial charge in [0.05, 0.1) is 5.69 Å². The Labute approximate surface area is 115 Å². The van der Waals surface area contributed by atoms with Crippen LogP contribution in [0.25, 0.3) is 0 Å². The molecular formula is C16H34N2. The average molecular weight is 254 g/mol. The molecule has 0 radical (unpaired) electrons. The minimum Gasteiger partial charge on any atom is -0.273 e. The summed E-state index contributed by atoms with van der Waals surface area (Å²) in [5.74, 6) is 0. The van der Waals surface area contributed by atoms with Gasteiger partial charge in [-0.25, -0.2) is 0 Å². The third-order valence-corrected chi connectivity index (χ3v) is 2.69. The van der Waals surface area contributed by atoms with Crippen molar-refractivity contribution in [1.29, 1.82) is 0 Å². The predicted molar refractivity (Wildman–Crippen MR) is 83.1 cm³/mol. The summed E-state index contributed by atoms with van der Waals surface area (Å²) in [7, 11) is 1.95. The first kappa shape index (κ1) is 19.5. The molecule has 0 N–H and O–H groups in total. The standard InChI is InChI=1S/C6H10N2.C6H14.C4H10/c1-5-4-6(2)8(3)7-5;1-3-5-6-4-2;1-3-4-2/h4H,1-3H3;3-6H2,1-2H3;3-4H2,1-2H3. The SMILES string of the molecule is CCCC.CCCCCC.Cc1cc(C)n(C)n1. The van der Waals surface area contributed by atoms with Crippen LogP contribution in [0.1, 0.15) is 77.6 Å². The van der Waals surface area contributed by atoms with E-state index in [1.807, 2.05) is 25.6 Å². The first-order valence-electron chi connectivity index (χ1n) is 7.50. The topological polar surface area (TPSA) is 17.8 Å². The molecule has 0 unspecified atom stereocenters. The fourth-order valence-electron chi connectivity index (χ4n) is 1.24. The molecule has 1 rings (SSSR count). The van der Waals surface area contributed by atoms with Crippen molar-refractivity contribution in [1.82, 2.24) is 9.78 Å². The Bertz CT molecular complexity index is 239. The predicted octanol–water partition coefficient (Wildman–Crippen LogP) is 5.43. The van der Waals surface area contributed by atoms with Crippen molar-refractivity contribution in [3.05, 3.63) is 17.5 Å². The lowest BCUT2D eigenvalue weighted by Gasteiger charge is -1.87. The van der Waals surface area contributed by atoms with Crippen LogP contribution in [0.3, 0.4) is 0 Å². The van der Waals surface area contributed by atoms with Crippen LogP contribution in [0.2, 0.25) is 0 Å². The fraction of sp³-hybridized carbons (Fsp3) is 0.812. The molecule has 108 valence electrons. The highest BCUT2D eigenvalue weighted by Crippen LogP contribution is 1.97. The van der Waals surface area contributed by atoms with Crippen molar-refractivity contribution < 1.29 is 0 Å². The molecule has 2 heteroatoms. The van der Waals surface area contributed by atoms with Gasteiger partial charge in [0.1, 0.15) is 0 Å². The van der Waals surface area contributed by atoms with Gasteiger partial charge in [0.15, 0.2) is 0 Å². The van der Waals surface area contributed by atoms with E-state index >= 15 is 0 Å². The zero-order chi connectivity index (χ0) is 14.4. The summed E-state index contributed by atoms with van der Waals surface area (Å²) in [6.45, 7) is 12.9. The lowest BCUT2D eigenvalue weighted by Crippen LogP contribution is -1.91. The summed E-state index contributed by atoms with van der Waals surface area (Å²) in [5.41, 5.74) is 2.30. The van der Waals surface area contributed by atoms with E-state index in [-0.39, 0.29) is 0 Å². The van der Waals surface area contributed by atoms with Crippen molar-refractivity contribution in [2.75, 3.05) is 0 Å². The highest BCUT2D eigenvalue weighted by Gasteiger charge is 1.91. The van der Waals surface area contributed by atoms with Crippen LogP contribution < -0.4 is 0 Å². The maximum atomic E-state index is 4.13. The van der Waals surface area contributed by atoms with Crippen molar-refractivity contribution in [3.63, 3.8) is 0 Å². The molecule has 0 atom stereocenters. The van der Waals surface area contributed by atoms with E-state index in [0.29, 0.717) is 0 Å². The van der Waals surface area contributed by atoms with Gasteiger partial charge in [-0.05, 0) is 19.9 Å². The van der Waals surface area contributed by atoms with Crippen LogP contribution >= 0.6 is 0 Å². The van der Waals surface area contributed by atoms with Gasteiger partial charge in [0.25, 0.3) is 0 Å². The van der Waals surface area contributed by atoms with Gasteiger partial charge in [-0.2, -0.15) is 5.10 Å². The normalized spacial score (nSPS) is 9.06. The maximum absolute atomic E-state index is 4.13. The van der Waals surface area contributed by atoms with Gasteiger partial charge in [0, 0.05) is 12.7 Å². The molecular weight excluding hydrogens is 220 g/mol. The molecule has 0 bridgehead atoms. The van der Waals surface area contributed by atoms with Gasteiger partial charge in [-0.15, -0.1) is 0 Å². The molecule has 0 saturated heterocycles. The van der Waals surface area contributed by atoms with Crippen molar-refractivity contribution >= 4 is 0 Å². The van der Waals surface area contributed by atoms with Gasteiger partial charge >= 0.3 is 0 Å². The average Bonchev–Trinajstić information content (AvgIpc) is 2.65. The lowest BCUT2D eigenvalue weighted by atomic mass is 10.2. The molecule has 0 aliphatic rings. The van der Waals surface area contributed by atoms with Crippen LogP contribution in [0.15, 0.2) is 6.07 Å². The first-order chi connectivity index (χ1) is 8.53.